The van der Waals surface area contributed by atoms with Gasteiger partial charge >= 0.3 is 0 Å². The summed E-state index contributed by atoms with van der Waals surface area (Å²) in [4.78, 5) is 6.99. The maximum absolute atomic E-state index is 5.47. The number of rotatable bonds is 7. The molecule has 6 heteroatoms. The molecule has 5 nitrogen and oxygen atoms in total. The van der Waals surface area contributed by atoms with E-state index < -0.39 is 0 Å². The van der Waals surface area contributed by atoms with Crippen molar-refractivity contribution in [1.29, 1.82) is 0 Å². The zero-order valence-corrected chi connectivity index (χ0v) is 16.3. The van der Waals surface area contributed by atoms with E-state index in [1.807, 2.05) is 24.3 Å². The summed E-state index contributed by atoms with van der Waals surface area (Å²) in [7, 11) is 4.19. The summed E-state index contributed by atoms with van der Waals surface area (Å²) >= 11 is 1.65. The van der Waals surface area contributed by atoms with E-state index >= 15 is 0 Å². The molecule has 1 unspecified atom stereocenters. The van der Waals surface area contributed by atoms with Crippen LogP contribution in [0.3, 0.4) is 0 Å². The van der Waals surface area contributed by atoms with Crippen molar-refractivity contribution in [3.63, 3.8) is 0 Å². The molecule has 140 valence electrons. The second kappa shape index (κ2) is 8.08. The van der Waals surface area contributed by atoms with Gasteiger partial charge in [-0.05, 0) is 37.9 Å². The fourth-order valence-corrected chi connectivity index (χ4v) is 3.93. The number of hydrogen-bond acceptors (Lipinski definition) is 6. The minimum Gasteiger partial charge on any atom is -0.454 e. The number of fused-ring (bicyclic) bond motifs is 1. The molecular weight excluding hydrogens is 358 g/mol. The molecule has 0 saturated heterocycles. The van der Waals surface area contributed by atoms with Gasteiger partial charge in [0.25, 0.3) is 0 Å². The van der Waals surface area contributed by atoms with Crippen LogP contribution in [0, 0.1) is 0 Å². The van der Waals surface area contributed by atoms with Gasteiger partial charge in [0, 0.05) is 30.1 Å². The van der Waals surface area contributed by atoms with Gasteiger partial charge in [0.05, 0.1) is 5.69 Å². The van der Waals surface area contributed by atoms with Crippen LogP contribution < -0.4 is 14.8 Å². The summed E-state index contributed by atoms with van der Waals surface area (Å²) in [6.07, 6.45) is 0. The third kappa shape index (κ3) is 4.30. The molecule has 1 aromatic heterocycles. The van der Waals surface area contributed by atoms with Crippen LogP contribution in [0.25, 0.3) is 10.6 Å². The van der Waals surface area contributed by atoms with Gasteiger partial charge in [-0.25, -0.2) is 4.98 Å². The van der Waals surface area contributed by atoms with Gasteiger partial charge in [-0.15, -0.1) is 11.3 Å². The van der Waals surface area contributed by atoms with Crippen LogP contribution in [-0.2, 0) is 6.54 Å². The first-order chi connectivity index (χ1) is 13.2. The molecular formula is C21H23N3O2S. The topological polar surface area (TPSA) is 46.6 Å². The number of ether oxygens (including phenoxy) is 2. The van der Waals surface area contributed by atoms with E-state index in [2.05, 4.69) is 54.0 Å². The second-order valence-corrected chi connectivity index (χ2v) is 7.68. The van der Waals surface area contributed by atoms with Crippen LogP contribution in [0.15, 0.2) is 53.9 Å². The monoisotopic (exact) mass is 381 g/mol. The fraction of sp³-hybridized carbons (Fsp3) is 0.286. The van der Waals surface area contributed by atoms with E-state index in [9.17, 15) is 0 Å². The maximum Gasteiger partial charge on any atom is 0.231 e. The average molecular weight is 382 g/mol. The molecule has 0 aliphatic carbocycles. The highest BCUT2D eigenvalue weighted by molar-refractivity contribution is 7.13. The van der Waals surface area contributed by atoms with Gasteiger partial charge in [-0.3, -0.25) is 0 Å². The van der Waals surface area contributed by atoms with E-state index in [4.69, 9.17) is 14.5 Å². The quantitative estimate of drug-likeness (QED) is 0.672. The Morgan fingerprint density at radius 3 is 2.74 bits per heavy atom. The minimum absolute atomic E-state index is 0.261. The van der Waals surface area contributed by atoms with Gasteiger partial charge in [0.1, 0.15) is 5.01 Å². The lowest BCUT2D eigenvalue weighted by Gasteiger charge is -2.22. The molecule has 0 spiro atoms. The summed E-state index contributed by atoms with van der Waals surface area (Å²) in [6.45, 7) is 1.95. The van der Waals surface area contributed by atoms with E-state index in [0.29, 0.717) is 6.79 Å². The number of likely N-dealkylation sites (N-methyl/N-ethyl adjacent to an activating group) is 1. The standard InChI is InChI=1S/C21H23N3O2S/c1-24(2)12-18(15-6-4-3-5-7-15)22-11-17-13-27-21(23-17)16-8-9-19-20(10-16)26-14-25-19/h3-10,13,18,22H,11-12,14H2,1-2H3. The molecule has 2 heterocycles. The smallest absolute Gasteiger partial charge is 0.231 e. The summed E-state index contributed by atoms with van der Waals surface area (Å²) in [5, 5.41) is 6.76. The Kier molecular flexibility index (Phi) is 5.38. The van der Waals surface area contributed by atoms with Crippen LogP contribution in [0.1, 0.15) is 17.3 Å². The van der Waals surface area contributed by atoms with Crippen LogP contribution in [-0.4, -0.2) is 37.3 Å². The van der Waals surface area contributed by atoms with Crippen molar-refractivity contribution in [3.05, 3.63) is 65.2 Å². The highest BCUT2D eigenvalue weighted by atomic mass is 32.1. The molecule has 1 aliphatic rings. The number of aromatic nitrogens is 1. The Balaban J connectivity index is 1.45. The van der Waals surface area contributed by atoms with Crippen molar-refractivity contribution in [2.45, 2.75) is 12.6 Å². The molecule has 1 atom stereocenters. The van der Waals surface area contributed by atoms with Crippen LogP contribution in [0.2, 0.25) is 0 Å². The highest BCUT2D eigenvalue weighted by Crippen LogP contribution is 2.36. The van der Waals surface area contributed by atoms with Crippen LogP contribution in [0.5, 0.6) is 11.5 Å². The van der Waals surface area contributed by atoms with E-state index in [1.54, 1.807) is 11.3 Å². The van der Waals surface area contributed by atoms with Gasteiger partial charge in [-0.1, -0.05) is 30.3 Å². The van der Waals surface area contributed by atoms with E-state index in [0.717, 1.165) is 40.9 Å². The molecule has 0 amide bonds. The van der Waals surface area contributed by atoms with E-state index in [-0.39, 0.29) is 6.04 Å². The fourth-order valence-electron chi connectivity index (χ4n) is 3.12. The Hall–Kier alpha value is -2.41. The highest BCUT2D eigenvalue weighted by Gasteiger charge is 2.16. The predicted octanol–water partition coefficient (Wildman–Crippen LogP) is 3.93. The first kappa shape index (κ1) is 18.0. The Bertz CT molecular complexity index is 895. The maximum atomic E-state index is 5.47. The number of nitrogens with one attached hydrogen (secondary N) is 1. The first-order valence-electron chi connectivity index (χ1n) is 8.96. The molecule has 0 fully saturated rings. The Morgan fingerprint density at radius 1 is 1.11 bits per heavy atom. The van der Waals surface area contributed by atoms with Gasteiger partial charge in [0.2, 0.25) is 6.79 Å². The van der Waals surface area contributed by atoms with Crippen molar-refractivity contribution in [1.82, 2.24) is 15.2 Å². The molecule has 3 aromatic rings. The first-order valence-corrected chi connectivity index (χ1v) is 9.84. The zero-order valence-electron chi connectivity index (χ0n) is 15.5. The molecule has 0 radical (unpaired) electrons. The SMILES string of the molecule is CN(C)CC(NCc1csc(-c2ccc3c(c2)OCO3)n1)c1ccccc1. The largest absolute Gasteiger partial charge is 0.454 e. The van der Waals surface area contributed by atoms with E-state index in [1.165, 1.54) is 5.56 Å². The molecule has 2 aromatic carbocycles. The second-order valence-electron chi connectivity index (χ2n) is 6.82. The van der Waals surface area contributed by atoms with Crippen molar-refractivity contribution < 1.29 is 9.47 Å². The number of hydrogen-bond donors (Lipinski definition) is 1. The summed E-state index contributed by atoms with van der Waals surface area (Å²) < 4.78 is 10.8. The average Bonchev–Trinajstić information content (AvgIpc) is 3.34. The Morgan fingerprint density at radius 2 is 1.93 bits per heavy atom. The van der Waals surface area contributed by atoms with Gasteiger partial charge in [0.15, 0.2) is 11.5 Å². The normalized spacial score (nSPS) is 13.9. The van der Waals surface area contributed by atoms with Gasteiger partial charge < -0.3 is 19.7 Å². The molecule has 1 aliphatic heterocycles. The zero-order chi connectivity index (χ0) is 18.6. The number of nitrogens with zero attached hydrogens (tertiary/aromatic N) is 2. The summed E-state index contributed by atoms with van der Waals surface area (Å²) in [6, 6.07) is 16.8. The summed E-state index contributed by atoms with van der Waals surface area (Å²) in [5.74, 6) is 1.59. The lowest BCUT2D eigenvalue weighted by Crippen LogP contribution is -2.31. The van der Waals surface area contributed by atoms with Crippen molar-refractivity contribution >= 4 is 11.3 Å². The number of thiazole rings is 1. The van der Waals surface area contributed by atoms with Crippen molar-refractivity contribution in [3.8, 4) is 22.1 Å². The molecule has 0 saturated carbocycles. The lowest BCUT2D eigenvalue weighted by molar-refractivity contribution is 0.174. The molecule has 27 heavy (non-hydrogen) atoms. The van der Waals surface area contributed by atoms with Crippen LogP contribution in [0.4, 0.5) is 0 Å². The molecule has 4 rings (SSSR count). The third-order valence-electron chi connectivity index (χ3n) is 4.45. The third-order valence-corrected chi connectivity index (χ3v) is 5.39. The van der Waals surface area contributed by atoms with Crippen molar-refractivity contribution in [2.24, 2.45) is 0 Å². The van der Waals surface area contributed by atoms with Crippen LogP contribution >= 0.6 is 11.3 Å². The molecule has 1 N–H and O–H groups in total. The Labute approximate surface area is 163 Å². The van der Waals surface area contributed by atoms with Gasteiger partial charge in [-0.2, -0.15) is 0 Å². The summed E-state index contributed by atoms with van der Waals surface area (Å²) in [5.41, 5.74) is 3.40. The minimum atomic E-state index is 0.261. The van der Waals surface area contributed by atoms with Crippen molar-refractivity contribution in [2.75, 3.05) is 27.4 Å². The predicted molar refractivity (Wildman–Crippen MR) is 108 cm³/mol. The number of benzene rings is 2. The molecule has 0 bridgehead atoms. The lowest BCUT2D eigenvalue weighted by atomic mass is 10.1.